The second-order valence-electron chi connectivity index (χ2n) is 4.41. The van der Waals surface area contributed by atoms with Crippen LogP contribution in [-0.2, 0) is 13.6 Å². The van der Waals surface area contributed by atoms with Gasteiger partial charge in [-0.3, -0.25) is 4.68 Å². The Balaban J connectivity index is 1.91. The minimum absolute atomic E-state index is 0.0755. The Hall–Kier alpha value is -1.82. The predicted molar refractivity (Wildman–Crippen MR) is 75.9 cm³/mol. The summed E-state index contributed by atoms with van der Waals surface area (Å²) in [6.45, 7) is 2.51. The summed E-state index contributed by atoms with van der Waals surface area (Å²) in [4.78, 5) is 15.0. The molecule has 2 heterocycles. The van der Waals surface area contributed by atoms with E-state index in [1.54, 1.807) is 27.1 Å². The molecular weight excluding hydrogens is 260 g/mol. The van der Waals surface area contributed by atoms with Crippen molar-refractivity contribution < 1.29 is 4.79 Å². The highest BCUT2D eigenvalue weighted by Crippen LogP contribution is 2.23. The van der Waals surface area contributed by atoms with E-state index >= 15 is 0 Å². The summed E-state index contributed by atoms with van der Waals surface area (Å²) in [5, 5.41) is 8.99. The molecule has 6 heteroatoms. The van der Waals surface area contributed by atoms with Gasteiger partial charge in [-0.05, 0) is 24.4 Å². The number of nitrogens with one attached hydrogen (secondary N) is 1. The first-order valence-electron chi connectivity index (χ1n) is 6.10. The summed E-state index contributed by atoms with van der Waals surface area (Å²) in [5.41, 5.74) is 0.977. The zero-order valence-corrected chi connectivity index (χ0v) is 12.1. The molecule has 19 heavy (non-hydrogen) atoms. The highest BCUT2D eigenvalue weighted by atomic mass is 32.1. The Morgan fingerprint density at radius 3 is 2.95 bits per heavy atom. The third kappa shape index (κ3) is 3.14. The van der Waals surface area contributed by atoms with Crippen LogP contribution < -0.4 is 5.32 Å². The SMILES string of the molecule is CC(c1cccs1)N(C)C(=O)NCc1ccnn1C. The van der Waals surface area contributed by atoms with Gasteiger partial charge >= 0.3 is 6.03 Å². The maximum atomic E-state index is 12.1. The van der Waals surface area contributed by atoms with Gasteiger partial charge < -0.3 is 10.2 Å². The number of hydrogen-bond acceptors (Lipinski definition) is 3. The third-order valence-electron chi connectivity index (χ3n) is 3.20. The van der Waals surface area contributed by atoms with E-state index in [9.17, 15) is 4.79 Å². The van der Waals surface area contributed by atoms with E-state index in [0.29, 0.717) is 6.54 Å². The van der Waals surface area contributed by atoms with E-state index in [1.165, 1.54) is 4.88 Å². The van der Waals surface area contributed by atoms with E-state index in [0.717, 1.165) is 5.69 Å². The minimum Gasteiger partial charge on any atom is -0.332 e. The van der Waals surface area contributed by atoms with Gasteiger partial charge in [0.25, 0.3) is 0 Å². The normalized spacial score (nSPS) is 12.2. The molecule has 2 aromatic rings. The van der Waals surface area contributed by atoms with E-state index in [1.807, 2.05) is 44.6 Å². The fourth-order valence-corrected chi connectivity index (χ4v) is 2.59. The van der Waals surface area contributed by atoms with Crippen LogP contribution in [0, 0.1) is 0 Å². The number of nitrogens with zero attached hydrogens (tertiary/aromatic N) is 3. The van der Waals surface area contributed by atoms with Crippen molar-refractivity contribution in [2.75, 3.05) is 7.05 Å². The number of urea groups is 1. The van der Waals surface area contributed by atoms with E-state index in [-0.39, 0.29) is 12.1 Å². The van der Waals surface area contributed by atoms with Gasteiger partial charge in [-0.1, -0.05) is 6.07 Å². The largest absolute Gasteiger partial charge is 0.332 e. The van der Waals surface area contributed by atoms with E-state index in [4.69, 9.17) is 0 Å². The Kier molecular flexibility index (Phi) is 4.21. The molecule has 0 aliphatic carbocycles. The lowest BCUT2D eigenvalue weighted by atomic mass is 10.2. The Labute approximate surface area is 116 Å². The molecule has 0 aliphatic heterocycles. The van der Waals surface area contributed by atoms with Crippen molar-refractivity contribution in [1.82, 2.24) is 20.0 Å². The average molecular weight is 278 g/mol. The van der Waals surface area contributed by atoms with Crippen molar-refractivity contribution in [3.05, 3.63) is 40.3 Å². The van der Waals surface area contributed by atoms with Crippen molar-refractivity contribution in [1.29, 1.82) is 0 Å². The molecule has 5 nitrogen and oxygen atoms in total. The van der Waals surface area contributed by atoms with Crippen LogP contribution >= 0.6 is 11.3 Å². The molecule has 2 aromatic heterocycles. The lowest BCUT2D eigenvalue weighted by molar-refractivity contribution is 0.194. The van der Waals surface area contributed by atoms with Crippen molar-refractivity contribution in [2.24, 2.45) is 7.05 Å². The zero-order chi connectivity index (χ0) is 13.8. The molecule has 1 N–H and O–H groups in total. The second-order valence-corrected chi connectivity index (χ2v) is 5.39. The van der Waals surface area contributed by atoms with Crippen molar-refractivity contribution in [3.63, 3.8) is 0 Å². The highest BCUT2D eigenvalue weighted by molar-refractivity contribution is 7.10. The summed E-state index contributed by atoms with van der Waals surface area (Å²) < 4.78 is 1.75. The summed E-state index contributed by atoms with van der Waals surface area (Å²) in [6, 6.07) is 5.93. The molecule has 0 aliphatic rings. The first-order valence-corrected chi connectivity index (χ1v) is 6.98. The fourth-order valence-electron chi connectivity index (χ4n) is 1.76. The third-order valence-corrected chi connectivity index (χ3v) is 4.24. The maximum Gasteiger partial charge on any atom is 0.317 e. The Morgan fingerprint density at radius 1 is 1.58 bits per heavy atom. The van der Waals surface area contributed by atoms with Gasteiger partial charge in [0.2, 0.25) is 0 Å². The topological polar surface area (TPSA) is 50.2 Å². The maximum absolute atomic E-state index is 12.1. The van der Waals surface area contributed by atoms with Crippen LogP contribution in [0.3, 0.4) is 0 Å². The second kappa shape index (κ2) is 5.88. The number of thiophene rings is 1. The van der Waals surface area contributed by atoms with Gasteiger partial charge in [0, 0.05) is 25.2 Å². The smallest absolute Gasteiger partial charge is 0.317 e. The van der Waals surface area contributed by atoms with Crippen molar-refractivity contribution in [3.8, 4) is 0 Å². The Bertz CT molecular complexity index is 535. The first kappa shape index (κ1) is 13.6. The molecule has 2 rings (SSSR count). The van der Waals surface area contributed by atoms with Crippen LogP contribution in [0.2, 0.25) is 0 Å². The molecule has 0 saturated heterocycles. The van der Waals surface area contributed by atoms with Crippen LogP contribution in [0.1, 0.15) is 23.5 Å². The number of hydrogen-bond donors (Lipinski definition) is 1. The molecule has 0 spiro atoms. The molecule has 102 valence electrons. The van der Waals surface area contributed by atoms with Gasteiger partial charge in [0.15, 0.2) is 0 Å². The molecule has 0 radical (unpaired) electrons. The number of carbonyl (C=O) groups excluding carboxylic acids is 1. The number of aromatic nitrogens is 2. The summed E-state index contributed by atoms with van der Waals surface area (Å²) in [7, 11) is 3.67. The molecule has 2 amide bonds. The number of rotatable bonds is 4. The monoisotopic (exact) mass is 278 g/mol. The lowest BCUT2D eigenvalue weighted by Gasteiger charge is -2.24. The molecule has 0 aromatic carbocycles. The predicted octanol–water partition coefficient (Wildman–Crippen LogP) is 2.38. The van der Waals surface area contributed by atoms with Gasteiger partial charge in [0.1, 0.15) is 0 Å². The van der Waals surface area contributed by atoms with Crippen LogP contribution in [0.5, 0.6) is 0 Å². The van der Waals surface area contributed by atoms with Crippen LogP contribution in [0.4, 0.5) is 4.79 Å². The first-order chi connectivity index (χ1) is 9.09. The standard InChI is InChI=1S/C13H18N4OS/c1-10(12-5-4-8-19-12)16(2)13(18)14-9-11-6-7-15-17(11)3/h4-8,10H,9H2,1-3H3,(H,14,18). The van der Waals surface area contributed by atoms with Crippen LogP contribution in [0.15, 0.2) is 29.8 Å². The molecule has 0 saturated carbocycles. The minimum atomic E-state index is -0.0814. The molecule has 0 bridgehead atoms. The summed E-state index contributed by atoms with van der Waals surface area (Å²) in [5.74, 6) is 0. The average Bonchev–Trinajstić information content (AvgIpc) is 3.05. The van der Waals surface area contributed by atoms with Crippen molar-refractivity contribution >= 4 is 17.4 Å². The van der Waals surface area contributed by atoms with Gasteiger partial charge in [0.05, 0.1) is 18.3 Å². The molecule has 1 unspecified atom stereocenters. The van der Waals surface area contributed by atoms with Gasteiger partial charge in [-0.15, -0.1) is 11.3 Å². The number of carbonyl (C=O) groups is 1. The van der Waals surface area contributed by atoms with Gasteiger partial charge in [-0.25, -0.2) is 4.79 Å². The van der Waals surface area contributed by atoms with Crippen molar-refractivity contribution in [2.45, 2.75) is 19.5 Å². The number of amides is 2. The lowest BCUT2D eigenvalue weighted by Crippen LogP contribution is -2.38. The summed E-state index contributed by atoms with van der Waals surface area (Å²) in [6.07, 6.45) is 1.72. The highest BCUT2D eigenvalue weighted by Gasteiger charge is 2.17. The van der Waals surface area contributed by atoms with E-state index in [2.05, 4.69) is 10.4 Å². The molecule has 0 fully saturated rings. The molecular formula is C13H18N4OS. The summed E-state index contributed by atoms with van der Waals surface area (Å²) >= 11 is 1.66. The zero-order valence-electron chi connectivity index (χ0n) is 11.3. The quantitative estimate of drug-likeness (QED) is 0.933. The fraction of sp³-hybridized carbons (Fsp3) is 0.385. The molecule has 1 atom stereocenters. The van der Waals surface area contributed by atoms with Crippen LogP contribution in [-0.4, -0.2) is 27.8 Å². The Morgan fingerprint density at radius 2 is 2.37 bits per heavy atom. The van der Waals surface area contributed by atoms with Gasteiger partial charge in [-0.2, -0.15) is 5.10 Å². The van der Waals surface area contributed by atoms with Crippen LogP contribution in [0.25, 0.3) is 0 Å². The number of aryl methyl sites for hydroxylation is 1. The van der Waals surface area contributed by atoms with E-state index < -0.39 is 0 Å².